The van der Waals surface area contributed by atoms with Crippen molar-refractivity contribution in [2.24, 2.45) is 0 Å². The summed E-state index contributed by atoms with van der Waals surface area (Å²) in [6, 6.07) is 1.56. The number of rotatable bonds is 2. The minimum atomic E-state index is -0.316. The number of carbonyl (C=O) groups is 2. The van der Waals surface area contributed by atoms with Gasteiger partial charge in [-0.05, 0) is 47.3 Å². The van der Waals surface area contributed by atoms with Gasteiger partial charge in [-0.3, -0.25) is 9.59 Å². The molecule has 2 amide bonds. The van der Waals surface area contributed by atoms with Crippen molar-refractivity contribution in [3.63, 3.8) is 0 Å². The highest BCUT2D eigenvalue weighted by molar-refractivity contribution is 9.11. The SMILES string of the molecule is CNC(=O)C1CCCN1C(=O)c1cc(C)c(Br)s1. The number of hydrogen-bond acceptors (Lipinski definition) is 3. The van der Waals surface area contributed by atoms with E-state index in [1.807, 2.05) is 13.0 Å². The highest BCUT2D eigenvalue weighted by atomic mass is 79.9. The second-order valence-electron chi connectivity index (χ2n) is 4.34. The third kappa shape index (κ3) is 2.44. The standard InChI is InChI=1S/C12H15BrN2O2S/c1-7-6-9(18-10(7)13)12(17)15-5-3-4-8(15)11(16)14-2/h6,8H,3-5H2,1-2H3,(H,14,16). The van der Waals surface area contributed by atoms with Gasteiger partial charge in [0.05, 0.1) is 8.66 Å². The Morgan fingerprint density at radius 3 is 2.83 bits per heavy atom. The molecule has 2 rings (SSSR count). The number of thiophene rings is 1. The Balaban J connectivity index is 2.20. The largest absolute Gasteiger partial charge is 0.357 e. The summed E-state index contributed by atoms with van der Waals surface area (Å²) in [4.78, 5) is 26.5. The van der Waals surface area contributed by atoms with Gasteiger partial charge in [0.25, 0.3) is 5.91 Å². The topological polar surface area (TPSA) is 49.4 Å². The van der Waals surface area contributed by atoms with Gasteiger partial charge in [-0.2, -0.15) is 0 Å². The molecule has 1 N–H and O–H groups in total. The zero-order chi connectivity index (χ0) is 13.3. The van der Waals surface area contributed by atoms with Crippen LogP contribution in [0.15, 0.2) is 9.85 Å². The summed E-state index contributed by atoms with van der Waals surface area (Å²) >= 11 is 4.84. The van der Waals surface area contributed by atoms with Crippen molar-refractivity contribution in [2.75, 3.05) is 13.6 Å². The van der Waals surface area contributed by atoms with Crippen molar-refractivity contribution < 1.29 is 9.59 Å². The molecule has 1 aliphatic rings. The van der Waals surface area contributed by atoms with Crippen LogP contribution in [-0.2, 0) is 4.79 Å². The number of likely N-dealkylation sites (N-methyl/N-ethyl adjacent to an activating group) is 1. The highest BCUT2D eigenvalue weighted by Crippen LogP contribution is 2.30. The Morgan fingerprint density at radius 2 is 2.28 bits per heavy atom. The van der Waals surface area contributed by atoms with Crippen LogP contribution < -0.4 is 5.32 Å². The molecular weight excluding hydrogens is 316 g/mol. The first-order valence-corrected chi connectivity index (χ1v) is 7.44. The fraction of sp³-hybridized carbons (Fsp3) is 0.500. The Kier molecular flexibility index (Phi) is 4.07. The molecule has 1 aromatic heterocycles. The van der Waals surface area contributed by atoms with Crippen LogP contribution in [-0.4, -0.2) is 36.3 Å². The van der Waals surface area contributed by atoms with Crippen LogP contribution in [0.1, 0.15) is 28.1 Å². The Hall–Kier alpha value is -0.880. The van der Waals surface area contributed by atoms with E-state index < -0.39 is 0 Å². The Bertz CT molecular complexity index is 467. The summed E-state index contributed by atoms with van der Waals surface area (Å²) in [6.07, 6.45) is 1.63. The quantitative estimate of drug-likeness (QED) is 0.903. The molecule has 0 radical (unpaired) electrons. The van der Waals surface area contributed by atoms with Gasteiger partial charge in [-0.25, -0.2) is 0 Å². The van der Waals surface area contributed by atoms with Gasteiger partial charge in [0.2, 0.25) is 5.91 Å². The van der Waals surface area contributed by atoms with Crippen molar-refractivity contribution in [1.29, 1.82) is 0 Å². The molecule has 98 valence electrons. The molecule has 1 atom stereocenters. The van der Waals surface area contributed by atoms with Gasteiger partial charge in [0, 0.05) is 13.6 Å². The van der Waals surface area contributed by atoms with E-state index in [9.17, 15) is 9.59 Å². The van der Waals surface area contributed by atoms with Gasteiger partial charge in [-0.15, -0.1) is 11.3 Å². The molecule has 1 aliphatic heterocycles. The van der Waals surface area contributed by atoms with E-state index in [-0.39, 0.29) is 17.9 Å². The molecular formula is C12H15BrN2O2S. The molecule has 4 nitrogen and oxygen atoms in total. The fourth-order valence-electron chi connectivity index (χ4n) is 2.16. The first-order chi connectivity index (χ1) is 8.54. The van der Waals surface area contributed by atoms with E-state index in [0.29, 0.717) is 11.4 Å². The smallest absolute Gasteiger partial charge is 0.264 e. The lowest BCUT2D eigenvalue weighted by atomic mass is 10.2. The molecule has 0 spiro atoms. The minimum absolute atomic E-state index is 0.0418. The molecule has 0 saturated carbocycles. The number of nitrogens with one attached hydrogen (secondary N) is 1. The monoisotopic (exact) mass is 330 g/mol. The number of likely N-dealkylation sites (tertiary alicyclic amines) is 1. The number of carbonyl (C=O) groups excluding carboxylic acids is 2. The van der Waals surface area contributed by atoms with Crippen LogP contribution in [0.2, 0.25) is 0 Å². The number of aryl methyl sites for hydroxylation is 1. The van der Waals surface area contributed by atoms with E-state index in [1.165, 1.54) is 11.3 Å². The van der Waals surface area contributed by atoms with Gasteiger partial charge >= 0.3 is 0 Å². The number of amides is 2. The van der Waals surface area contributed by atoms with Crippen molar-refractivity contribution in [1.82, 2.24) is 10.2 Å². The molecule has 1 fully saturated rings. The van der Waals surface area contributed by atoms with E-state index in [4.69, 9.17) is 0 Å². The predicted octanol–water partition coefficient (Wildman–Crippen LogP) is 2.17. The normalized spacial score (nSPS) is 19.1. The van der Waals surface area contributed by atoms with Gasteiger partial charge < -0.3 is 10.2 Å². The number of hydrogen-bond donors (Lipinski definition) is 1. The van der Waals surface area contributed by atoms with Crippen molar-refractivity contribution in [3.05, 3.63) is 20.3 Å². The van der Waals surface area contributed by atoms with Crippen LogP contribution in [0.25, 0.3) is 0 Å². The fourth-order valence-corrected chi connectivity index (χ4v) is 3.65. The van der Waals surface area contributed by atoms with Crippen LogP contribution in [0, 0.1) is 6.92 Å². The van der Waals surface area contributed by atoms with E-state index in [2.05, 4.69) is 21.2 Å². The lowest BCUT2D eigenvalue weighted by molar-refractivity contribution is -0.124. The summed E-state index contributed by atoms with van der Waals surface area (Å²) < 4.78 is 0.974. The lowest BCUT2D eigenvalue weighted by Crippen LogP contribution is -2.44. The summed E-state index contributed by atoms with van der Waals surface area (Å²) in [5, 5.41) is 2.62. The van der Waals surface area contributed by atoms with Crippen LogP contribution >= 0.6 is 27.3 Å². The molecule has 1 saturated heterocycles. The lowest BCUT2D eigenvalue weighted by Gasteiger charge is -2.22. The van der Waals surface area contributed by atoms with Crippen molar-refractivity contribution >= 4 is 39.1 Å². The molecule has 2 heterocycles. The molecule has 1 unspecified atom stereocenters. The van der Waals surface area contributed by atoms with Crippen LogP contribution in [0.5, 0.6) is 0 Å². The summed E-state index contributed by atoms with van der Waals surface area (Å²) in [5.41, 5.74) is 1.05. The average Bonchev–Trinajstić information content (AvgIpc) is 2.95. The number of nitrogens with zero attached hydrogens (tertiary/aromatic N) is 1. The van der Waals surface area contributed by atoms with Crippen LogP contribution in [0.3, 0.4) is 0 Å². The zero-order valence-electron chi connectivity index (χ0n) is 10.3. The first kappa shape index (κ1) is 13.5. The van der Waals surface area contributed by atoms with Crippen molar-refractivity contribution in [3.8, 4) is 0 Å². The minimum Gasteiger partial charge on any atom is -0.357 e. The first-order valence-electron chi connectivity index (χ1n) is 5.83. The number of halogens is 1. The maximum Gasteiger partial charge on any atom is 0.264 e. The molecule has 0 aromatic carbocycles. The van der Waals surface area contributed by atoms with E-state index in [1.54, 1.807) is 11.9 Å². The van der Waals surface area contributed by atoms with E-state index in [0.717, 1.165) is 22.2 Å². The highest BCUT2D eigenvalue weighted by Gasteiger charge is 2.34. The van der Waals surface area contributed by atoms with Gasteiger partial charge in [0.1, 0.15) is 6.04 Å². The predicted molar refractivity (Wildman–Crippen MR) is 74.9 cm³/mol. The van der Waals surface area contributed by atoms with Crippen molar-refractivity contribution in [2.45, 2.75) is 25.8 Å². The average molecular weight is 331 g/mol. The Morgan fingerprint density at radius 1 is 1.56 bits per heavy atom. The molecule has 1 aromatic rings. The van der Waals surface area contributed by atoms with E-state index >= 15 is 0 Å². The second kappa shape index (κ2) is 5.40. The van der Waals surface area contributed by atoms with Gasteiger partial charge in [-0.1, -0.05) is 0 Å². The maximum atomic E-state index is 12.4. The zero-order valence-corrected chi connectivity index (χ0v) is 12.7. The molecule has 0 bridgehead atoms. The second-order valence-corrected chi connectivity index (χ2v) is 6.71. The summed E-state index contributed by atoms with van der Waals surface area (Å²) in [7, 11) is 1.61. The molecule has 18 heavy (non-hydrogen) atoms. The Labute approximate surface area is 118 Å². The molecule has 6 heteroatoms. The van der Waals surface area contributed by atoms with Crippen LogP contribution in [0.4, 0.5) is 0 Å². The maximum absolute atomic E-state index is 12.4. The summed E-state index contributed by atoms with van der Waals surface area (Å²) in [6.45, 7) is 2.61. The molecule has 0 aliphatic carbocycles. The van der Waals surface area contributed by atoms with Gasteiger partial charge in [0.15, 0.2) is 0 Å². The summed E-state index contributed by atoms with van der Waals surface area (Å²) in [5.74, 6) is -0.118. The third-order valence-electron chi connectivity index (χ3n) is 3.13. The third-order valence-corrected chi connectivity index (χ3v) is 5.26.